The van der Waals surface area contributed by atoms with Gasteiger partial charge in [-0.25, -0.2) is 5.43 Å². The van der Waals surface area contributed by atoms with Crippen LogP contribution in [0.1, 0.15) is 23.0 Å². The van der Waals surface area contributed by atoms with Crippen LogP contribution in [-0.2, 0) is 0 Å². The van der Waals surface area contributed by atoms with Crippen LogP contribution in [0.4, 0.5) is 0 Å². The number of para-hydroxylation sites is 1. The Labute approximate surface area is 148 Å². The molecule has 0 fully saturated rings. The number of fused-ring (bicyclic) bond motifs is 1. The third-order valence-corrected chi connectivity index (χ3v) is 3.67. The van der Waals surface area contributed by atoms with Crippen molar-refractivity contribution in [3.05, 3.63) is 58.8 Å². The number of aromatic hydroxyl groups is 1. The van der Waals surface area contributed by atoms with Gasteiger partial charge in [-0.05, 0) is 36.8 Å². The number of halogens is 1. The van der Waals surface area contributed by atoms with Crippen LogP contribution in [-0.4, -0.2) is 23.8 Å². The van der Waals surface area contributed by atoms with Crippen molar-refractivity contribution in [1.82, 2.24) is 5.43 Å². The highest BCUT2D eigenvalue weighted by Crippen LogP contribution is 2.34. The summed E-state index contributed by atoms with van der Waals surface area (Å²) in [5, 5.41) is 14.7. The van der Waals surface area contributed by atoms with Crippen LogP contribution in [0, 0.1) is 0 Å². The third kappa shape index (κ3) is 3.75. The first kappa shape index (κ1) is 16.9. The van der Waals surface area contributed by atoms with Gasteiger partial charge in [-0.15, -0.1) is 0 Å². The van der Waals surface area contributed by atoms with Crippen molar-refractivity contribution in [2.75, 3.05) is 6.61 Å². The maximum Gasteiger partial charge on any atom is 0.307 e. The Morgan fingerprint density at radius 2 is 2.16 bits per heavy atom. The molecule has 0 unspecified atom stereocenters. The van der Waals surface area contributed by atoms with E-state index in [4.69, 9.17) is 20.8 Å². The predicted octanol–water partition coefficient (Wildman–Crippen LogP) is 3.95. The molecule has 1 amide bonds. The molecule has 0 aliphatic carbocycles. The van der Waals surface area contributed by atoms with E-state index < -0.39 is 5.91 Å². The molecule has 7 heteroatoms. The molecular formula is C18H15ClN2O4. The highest BCUT2D eigenvalue weighted by Gasteiger charge is 2.11. The second kappa shape index (κ2) is 7.27. The number of furan rings is 1. The number of hydrogen-bond acceptors (Lipinski definition) is 5. The maximum atomic E-state index is 12.1. The number of rotatable bonds is 5. The summed E-state index contributed by atoms with van der Waals surface area (Å²) in [7, 11) is 0. The zero-order valence-electron chi connectivity index (χ0n) is 13.3. The van der Waals surface area contributed by atoms with Crippen LogP contribution in [0.25, 0.3) is 11.0 Å². The van der Waals surface area contributed by atoms with Crippen molar-refractivity contribution >= 4 is 34.7 Å². The number of nitrogens with one attached hydrogen (secondary N) is 1. The Hall–Kier alpha value is -2.99. The second-order valence-corrected chi connectivity index (χ2v) is 5.54. The van der Waals surface area contributed by atoms with E-state index >= 15 is 0 Å². The van der Waals surface area contributed by atoms with Gasteiger partial charge in [0.25, 0.3) is 0 Å². The van der Waals surface area contributed by atoms with Gasteiger partial charge in [0.15, 0.2) is 17.3 Å². The Balaban J connectivity index is 1.73. The average Bonchev–Trinajstić information content (AvgIpc) is 3.03. The fourth-order valence-electron chi connectivity index (χ4n) is 2.25. The minimum atomic E-state index is -0.470. The summed E-state index contributed by atoms with van der Waals surface area (Å²) >= 11 is 5.94. The molecule has 25 heavy (non-hydrogen) atoms. The van der Waals surface area contributed by atoms with Gasteiger partial charge in [0.1, 0.15) is 5.58 Å². The van der Waals surface area contributed by atoms with Crippen LogP contribution >= 0.6 is 11.6 Å². The van der Waals surface area contributed by atoms with Crippen LogP contribution in [0.2, 0.25) is 5.02 Å². The number of nitrogens with zero attached hydrogens (tertiary/aromatic N) is 1. The van der Waals surface area contributed by atoms with Gasteiger partial charge >= 0.3 is 5.91 Å². The standard InChI is InChI=1S/C18H15ClN2O4/c1-2-24-15-8-11(7-13(19)17(15)22)10-20-21-18(23)16-9-12-5-3-4-6-14(12)25-16/h3-10,22H,2H2,1H3,(H,21,23)/b20-10+. The van der Waals surface area contributed by atoms with Crippen molar-refractivity contribution in [3.63, 3.8) is 0 Å². The molecule has 6 nitrogen and oxygen atoms in total. The van der Waals surface area contributed by atoms with Gasteiger partial charge < -0.3 is 14.3 Å². The summed E-state index contributed by atoms with van der Waals surface area (Å²) in [4.78, 5) is 12.1. The third-order valence-electron chi connectivity index (χ3n) is 3.38. The number of phenolic OH excluding ortho intramolecular Hbond substituents is 1. The van der Waals surface area contributed by atoms with E-state index in [0.29, 0.717) is 17.8 Å². The zero-order valence-corrected chi connectivity index (χ0v) is 14.1. The highest BCUT2D eigenvalue weighted by atomic mass is 35.5. The van der Waals surface area contributed by atoms with Crippen LogP contribution in [0.3, 0.4) is 0 Å². The number of amides is 1. The van der Waals surface area contributed by atoms with Gasteiger partial charge in [-0.3, -0.25) is 4.79 Å². The quantitative estimate of drug-likeness (QED) is 0.534. The van der Waals surface area contributed by atoms with Crippen LogP contribution in [0.15, 0.2) is 52.0 Å². The lowest BCUT2D eigenvalue weighted by Crippen LogP contribution is -2.16. The van der Waals surface area contributed by atoms with E-state index in [-0.39, 0.29) is 22.3 Å². The summed E-state index contributed by atoms with van der Waals surface area (Å²) in [6.45, 7) is 2.18. The van der Waals surface area contributed by atoms with Gasteiger partial charge in [0, 0.05) is 5.39 Å². The van der Waals surface area contributed by atoms with Crippen molar-refractivity contribution in [2.24, 2.45) is 5.10 Å². The Bertz CT molecular complexity index is 916. The SMILES string of the molecule is CCOc1cc(/C=N/NC(=O)c2cc3ccccc3o2)cc(Cl)c1O. The topological polar surface area (TPSA) is 84.1 Å². The fraction of sp³-hybridized carbons (Fsp3) is 0.111. The maximum absolute atomic E-state index is 12.1. The number of carbonyl (C=O) groups excluding carboxylic acids is 1. The molecule has 3 aromatic rings. The summed E-state index contributed by atoms with van der Waals surface area (Å²) in [5.41, 5.74) is 3.58. The zero-order chi connectivity index (χ0) is 17.8. The number of phenols is 1. The number of hydrogen-bond donors (Lipinski definition) is 2. The summed E-state index contributed by atoms with van der Waals surface area (Å²) in [6.07, 6.45) is 1.40. The molecule has 2 aromatic carbocycles. The van der Waals surface area contributed by atoms with Crippen molar-refractivity contribution < 1.29 is 19.1 Å². The lowest BCUT2D eigenvalue weighted by atomic mass is 10.2. The van der Waals surface area contributed by atoms with Crippen molar-refractivity contribution in [3.8, 4) is 11.5 Å². The largest absolute Gasteiger partial charge is 0.503 e. The van der Waals surface area contributed by atoms with E-state index in [9.17, 15) is 9.90 Å². The molecule has 1 heterocycles. The van der Waals surface area contributed by atoms with Crippen LogP contribution < -0.4 is 10.2 Å². The Morgan fingerprint density at radius 1 is 1.36 bits per heavy atom. The van der Waals surface area contributed by atoms with E-state index in [1.54, 1.807) is 25.1 Å². The number of hydrazone groups is 1. The molecule has 0 saturated heterocycles. The monoisotopic (exact) mass is 358 g/mol. The minimum Gasteiger partial charge on any atom is -0.503 e. The lowest BCUT2D eigenvalue weighted by Gasteiger charge is -2.08. The van der Waals surface area contributed by atoms with E-state index in [0.717, 1.165) is 5.39 Å². The highest BCUT2D eigenvalue weighted by molar-refractivity contribution is 6.32. The molecular weight excluding hydrogens is 344 g/mol. The molecule has 0 bridgehead atoms. The van der Waals surface area contributed by atoms with E-state index in [1.165, 1.54) is 12.3 Å². The van der Waals surface area contributed by atoms with E-state index in [2.05, 4.69) is 10.5 Å². The predicted molar refractivity (Wildman–Crippen MR) is 95.6 cm³/mol. The van der Waals surface area contributed by atoms with Crippen molar-refractivity contribution in [2.45, 2.75) is 6.92 Å². The minimum absolute atomic E-state index is 0.132. The Kier molecular flexibility index (Phi) is 4.90. The molecule has 128 valence electrons. The lowest BCUT2D eigenvalue weighted by molar-refractivity contribution is 0.0929. The number of benzene rings is 2. The number of carbonyl (C=O) groups is 1. The van der Waals surface area contributed by atoms with Gasteiger partial charge in [-0.2, -0.15) is 5.10 Å². The van der Waals surface area contributed by atoms with Gasteiger partial charge in [0.05, 0.1) is 17.8 Å². The normalized spacial score (nSPS) is 11.1. The summed E-state index contributed by atoms with van der Waals surface area (Å²) < 4.78 is 10.7. The summed E-state index contributed by atoms with van der Waals surface area (Å²) in [5.74, 6) is -0.188. The molecule has 0 saturated carbocycles. The Morgan fingerprint density at radius 3 is 2.92 bits per heavy atom. The smallest absolute Gasteiger partial charge is 0.307 e. The average molecular weight is 359 g/mol. The molecule has 3 rings (SSSR count). The van der Waals surface area contributed by atoms with Gasteiger partial charge in [-0.1, -0.05) is 29.8 Å². The van der Waals surface area contributed by atoms with Crippen molar-refractivity contribution in [1.29, 1.82) is 0 Å². The molecule has 1 aromatic heterocycles. The molecule has 0 radical (unpaired) electrons. The summed E-state index contributed by atoms with van der Waals surface area (Å²) in [6, 6.07) is 12.1. The molecule has 2 N–H and O–H groups in total. The first-order valence-corrected chi connectivity index (χ1v) is 7.93. The first-order valence-electron chi connectivity index (χ1n) is 7.55. The van der Waals surface area contributed by atoms with E-state index in [1.807, 2.05) is 18.2 Å². The van der Waals surface area contributed by atoms with Crippen LogP contribution in [0.5, 0.6) is 11.5 Å². The first-order chi connectivity index (χ1) is 12.1. The molecule has 0 aliphatic heterocycles. The fourth-order valence-corrected chi connectivity index (χ4v) is 2.47. The molecule has 0 atom stereocenters. The second-order valence-electron chi connectivity index (χ2n) is 5.13. The number of ether oxygens (including phenoxy) is 1. The van der Waals surface area contributed by atoms with Gasteiger partial charge in [0.2, 0.25) is 0 Å². The molecule has 0 aliphatic rings. The molecule has 0 spiro atoms.